The number of carboxylic acids is 1. The second kappa shape index (κ2) is 5.99. The van der Waals surface area contributed by atoms with Crippen LogP contribution in [0.5, 0.6) is 0 Å². The Morgan fingerprint density at radius 1 is 1.58 bits per heavy atom. The lowest BCUT2D eigenvalue weighted by molar-refractivity contribution is -0.131. The van der Waals surface area contributed by atoms with Gasteiger partial charge in [-0.2, -0.15) is 0 Å². The third kappa shape index (κ3) is 3.42. The van der Waals surface area contributed by atoms with Crippen LogP contribution in [0.3, 0.4) is 0 Å². The first-order valence-corrected chi connectivity index (χ1v) is 6.96. The summed E-state index contributed by atoms with van der Waals surface area (Å²) in [6.45, 7) is 1.50. The smallest absolute Gasteiger partial charge is 0.328 e. The van der Waals surface area contributed by atoms with Crippen LogP contribution in [-0.2, 0) is 16.1 Å². The molecule has 6 heteroatoms. The Morgan fingerprint density at radius 2 is 2.37 bits per heavy atom. The molecule has 0 bridgehead atoms. The number of hydrogen-bond donors (Lipinski definition) is 2. The zero-order valence-corrected chi connectivity index (χ0v) is 11.2. The summed E-state index contributed by atoms with van der Waals surface area (Å²) >= 11 is 1.56. The van der Waals surface area contributed by atoms with E-state index in [0.29, 0.717) is 6.54 Å². The van der Waals surface area contributed by atoms with E-state index >= 15 is 0 Å². The van der Waals surface area contributed by atoms with Gasteiger partial charge >= 0.3 is 5.97 Å². The Hall–Kier alpha value is -1.66. The fraction of sp³-hybridized carbons (Fsp3) is 0.385. The van der Waals surface area contributed by atoms with E-state index in [9.17, 15) is 9.59 Å². The van der Waals surface area contributed by atoms with Crippen molar-refractivity contribution in [3.8, 4) is 0 Å². The van der Waals surface area contributed by atoms with E-state index in [1.54, 1.807) is 17.4 Å². The summed E-state index contributed by atoms with van der Waals surface area (Å²) in [6.07, 6.45) is 4.49. The summed E-state index contributed by atoms with van der Waals surface area (Å²) in [7, 11) is 0. The lowest BCUT2D eigenvalue weighted by Crippen LogP contribution is -2.39. The monoisotopic (exact) mass is 280 g/mol. The molecule has 2 heterocycles. The molecule has 0 aliphatic carbocycles. The van der Waals surface area contributed by atoms with Gasteiger partial charge in [-0.1, -0.05) is 0 Å². The maximum absolute atomic E-state index is 11.3. The number of carboxylic acid groups (broad SMARTS) is 1. The van der Waals surface area contributed by atoms with Crippen LogP contribution in [0.2, 0.25) is 0 Å². The topological polar surface area (TPSA) is 83.6 Å². The standard InChI is InChI=1S/C13H16N2O3S/c14-13(18)10-2-1-6-15(10)8-11-9(5-7-19-11)3-4-12(16)17/h3-5,7,10H,1-2,6,8H2,(H2,14,18)(H,16,17). The summed E-state index contributed by atoms with van der Waals surface area (Å²) in [5.41, 5.74) is 6.28. The molecule has 0 spiro atoms. The molecule has 102 valence electrons. The van der Waals surface area contributed by atoms with Crippen LogP contribution in [0.15, 0.2) is 17.5 Å². The molecule has 1 atom stereocenters. The summed E-state index contributed by atoms with van der Waals surface area (Å²) in [4.78, 5) is 25.0. The maximum Gasteiger partial charge on any atom is 0.328 e. The van der Waals surface area contributed by atoms with Gasteiger partial charge in [-0.15, -0.1) is 11.3 Å². The van der Waals surface area contributed by atoms with Gasteiger partial charge in [-0.05, 0) is 42.5 Å². The predicted molar refractivity (Wildman–Crippen MR) is 73.6 cm³/mol. The molecule has 1 aromatic heterocycles. The first kappa shape index (κ1) is 13.8. The van der Waals surface area contributed by atoms with Crippen molar-refractivity contribution in [2.45, 2.75) is 25.4 Å². The Bertz CT molecular complexity index is 510. The molecule has 3 N–H and O–H groups in total. The number of nitrogens with two attached hydrogens (primary N) is 1. The van der Waals surface area contributed by atoms with Gasteiger partial charge in [0.1, 0.15) is 0 Å². The van der Waals surface area contributed by atoms with E-state index in [2.05, 4.69) is 4.90 Å². The zero-order valence-electron chi connectivity index (χ0n) is 10.4. The van der Waals surface area contributed by atoms with Crippen LogP contribution in [0, 0.1) is 0 Å². The average molecular weight is 280 g/mol. The SMILES string of the molecule is NC(=O)C1CCCN1Cc1sccc1C=CC(=O)O. The Balaban J connectivity index is 2.09. The Kier molecular flexibility index (Phi) is 4.34. The van der Waals surface area contributed by atoms with Gasteiger partial charge < -0.3 is 10.8 Å². The van der Waals surface area contributed by atoms with Gasteiger partial charge in [0.2, 0.25) is 5.91 Å². The summed E-state index contributed by atoms with van der Waals surface area (Å²) in [5, 5.41) is 10.6. The molecule has 1 amide bonds. The number of rotatable bonds is 5. The van der Waals surface area contributed by atoms with Crippen molar-refractivity contribution >= 4 is 29.3 Å². The summed E-state index contributed by atoms with van der Waals surface area (Å²) < 4.78 is 0. The zero-order chi connectivity index (χ0) is 13.8. The molecule has 0 saturated carbocycles. The molecule has 2 rings (SSSR count). The minimum absolute atomic E-state index is 0.196. The van der Waals surface area contributed by atoms with Gasteiger partial charge in [0.05, 0.1) is 6.04 Å². The lowest BCUT2D eigenvalue weighted by Gasteiger charge is -2.21. The first-order valence-electron chi connectivity index (χ1n) is 6.08. The molecule has 19 heavy (non-hydrogen) atoms. The van der Waals surface area contributed by atoms with Crippen molar-refractivity contribution in [1.29, 1.82) is 0 Å². The number of hydrogen-bond acceptors (Lipinski definition) is 4. The van der Waals surface area contributed by atoms with Gasteiger partial charge in [0.25, 0.3) is 0 Å². The van der Waals surface area contributed by atoms with Crippen molar-refractivity contribution in [2.24, 2.45) is 5.73 Å². The lowest BCUT2D eigenvalue weighted by atomic mass is 10.2. The number of likely N-dealkylation sites (tertiary alicyclic amines) is 1. The number of aliphatic carboxylic acids is 1. The molecule has 0 aromatic carbocycles. The quantitative estimate of drug-likeness (QED) is 0.796. The third-order valence-corrected chi connectivity index (χ3v) is 4.15. The van der Waals surface area contributed by atoms with Crippen molar-refractivity contribution in [3.05, 3.63) is 28.0 Å². The molecule has 0 radical (unpaired) electrons. The van der Waals surface area contributed by atoms with Gasteiger partial charge in [-0.3, -0.25) is 9.69 Å². The highest BCUT2D eigenvalue weighted by atomic mass is 32.1. The summed E-state index contributed by atoms with van der Waals surface area (Å²) in [5.74, 6) is -1.25. The fourth-order valence-corrected chi connectivity index (χ4v) is 3.20. The van der Waals surface area contributed by atoms with Crippen LogP contribution in [-0.4, -0.2) is 34.5 Å². The third-order valence-electron chi connectivity index (χ3n) is 3.22. The predicted octanol–water partition coefficient (Wildman–Crippen LogP) is 1.30. The van der Waals surface area contributed by atoms with Crippen LogP contribution >= 0.6 is 11.3 Å². The maximum atomic E-state index is 11.3. The number of nitrogens with zero attached hydrogens (tertiary/aromatic N) is 1. The van der Waals surface area contributed by atoms with Crippen molar-refractivity contribution < 1.29 is 14.7 Å². The molecule has 5 nitrogen and oxygen atoms in total. The normalized spacial score (nSPS) is 20.1. The Labute approximate surface area is 115 Å². The minimum Gasteiger partial charge on any atom is -0.478 e. The van der Waals surface area contributed by atoms with Crippen LogP contribution in [0.1, 0.15) is 23.3 Å². The molecule has 1 unspecified atom stereocenters. The molecule has 1 fully saturated rings. The number of amides is 1. The minimum atomic E-state index is -0.965. The van der Waals surface area contributed by atoms with E-state index in [-0.39, 0.29) is 11.9 Å². The number of primary amides is 1. The highest BCUT2D eigenvalue weighted by Gasteiger charge is 2.29. The Morgan fingerprint density at radius 3 is 3.05 bits per heavy atom. The van der Waals surface area contributed by atoms with E-state index in [1.165, 1.54) is 0 Å². The second-order valence-corrected chi connectivity index (χ2v) is 5.50. The average Bonchev–Trinajstić information content (AvgIpc) is 2.96. The largest absolute Gasteiger partial charge is 0.478 e. The molecule has 1 saturated heterocycles. The van der Waals surface area contributed by atoms with E-state index in [1.807, 2.05) is 11.4 Å². The van der Waals surface area contributed by atoms with Gasteiger partial charge in [-0.25, -0.2) is 4.79 Å². The van der Waals surface area contributed by atoms with Crippen LogP contribution < -0.4 is 5.73 Å². The van der Waals surface area contributed by atoms with Crippen molar-refractivity contribution in [3.63, 3.8) is 0 Å². The fourth-order valence-electron chi connectivity index (χ4n) is 2.31. The highest BCUT2D eigenvalue weighted by molar-refractivity contribution is 7.10. The van der Waals surface area contributed by atoms with Crippen molar-refractivity contribution in [2.75, 3.05) is 6.54 Å². The number of thiophene rings is 1. The number of carbonyl (C=O) groups excluding carboxylic acids is 1. The molecular formula is C13H16N2O3S. The number of carbonyl (C=O) groups is 2. The molecule has 1 aliphatic heterocycles. The van der Waals surface area contributed by atoms with Gasteiger partial charge in [0, 0.05) is 17.5 Å². The van der Waals surface area contributed by atoms with Crippen LogP contribution in [0.4, 0.5) is 0 Å². The second-order valence-electron chi connectivity index (χ2n) is 4.50. The van der Waals surface area contributed by atoms with Gasteiger partial charge in [0.15, 0.2) is 0 Å². The summed E-state index contributed by atoms with van der Waals surface area (Å²) in [6, 6.07) is 1.69. The van der Waals surface area contributed by atoms with E-state index in [0.717, 1.165) is 35.9 Å². The first-order chi connectivity index (χ1) is 9.08. The van der Waals surface area contributed by atoms with Crippen LogP contribution in [0.25, 0.3) is 6.08 Å². The highest BCUT2D eigenvalue weighted by Crippen LogP contribution is 2.25. The molecule has 1 aromatic rings. The van der Waals surface area contributed by atoms with Crippen molar-refractivity contribution in [1.82, 2.24) is 4.90 Å². The molecule has 1 aliphatic rings. The molecular weight excluding hydrogens is 264 g/mol. The van der Waals surface area contributed by atoms with E-state index in [4.69, 9.17) is 10.8 Å². The van der Waals surface area contributed by atoms with E-state index < -0.39 is 5.97 Å².